The van der Waals surface area contributed by atoms with Gasteiger partial charge in [-0.05, 0) is 39.0 Å². The zero-order valence-electron chi connectivity index (χ0n) is 12.0. The Bertz CT molecular complexity index is 631. The molecule has 3 nitrogen and oxygen atoms in total. The van der Waals surface area contributed by atoms with Gasteiger partial charge in [0.15, 0.2) is 5.82 Å². The first-order chi connectivity index (χ1) is 9.84. The number of benzene rings is 1. The smallest absolute Gasteiger partial charge is 0.156 e. The van der Waals surface area contributed by atoms with Crippen LogP contribution in [0.15, 0.2) is 35.9 Å². The predicted octanol–water partition coefficient (Wildman–Crippen LogP) is 4.24. The molecule has 0 spiro atoms. The fraction of sp³-hybridized carbons (Fsp3) is 0.412. The Kier molecular flexibility index (Phi) is 3.95. The Labute approximate surface area is 120 Å². The van der Waals surface area contributed by atoms with Gasteiger partial charge in [-0.2, -0.15) is 5.10 Å². The first-order valence-electron chi connectivity index (χ1n) is 7.48. The van der Waals surface area contributed by atoms with Gasteiger partial charge in [0, 0.05) is 17.3 Å². The lowest BCUT2D eigenvalue weighted by atomic mass is 9.97. The molecule has 1 N–H and O–H groups in total. The summed E-state index contributed by atoms with van der Waals surface area (Å²) in [6.45, 7) is 2.94. The highest BCUT2D eigenvalue weighted by atomic mass is 15.2. The summed E-state index contributed by atoms with van der Waals surface area (Å²) in [5.41, 5.74) is 2.58. The van der Waals surface area contributed by atoms with Crippen molar-refractivity contribution in [1.29, 1.82) is 0 Å². The lowest BCUT2D eigenvalue weighted by Gasteiger charge is -2.14. The molecule has 2 aromatic rings. The van der Waals surface area contributed by atoms with E-state index in [2.05, 4.69) is 39.8 Å². The maximum absolute atomic E-state index is 4.31. The molecule has 1 aromatic heterocycles. The first kappa shape index (κ1) is 13.1. The number of nitrogens with one attached hydrogen (secondary N) is 1. The maximum Gasteiger partial charge on any atom is 0.156 e. The molecule has 104 valence electrons. The van der Waals surface area contributed by atoms with Crippen molar-refractivity contribution in [2.75, 3.05) is 11.9 Å². The topological polar surface area (TPSA) is 37.8 Å². The molecule has 1 heterocycles. The molecule has 20 heavy (non-hydrogen) atoms. The number of allylic oxidation sites excluding steroid dienone is 1. The number of hydrogen-bond acceptors (Lipinski definition) is 3. The van der Waals surface area contributed by atoms with E-state index < -0.39 is 0 Å². The fourth-order valence-corrected chi connectivity index (χ4v) is 2.84. The maximum atomic E-state index is 4.31. The van der Waals surface area contributed by atoms with Crippen LogP contribution in [0.5, 0.6) is 0 Å². The number of fused-ring (bicyclic) bond motifs is 1. The molecule has 1 aliphatic carbocycles. The van der Waals surface area contributed by atoms with Crippen LogP contribution < -0.4 is 5.32 Å². The van der Waals surface area contributed by atoms with E-state index >= 15 is 0 Å². The molecule has 0 bridgehead atoms. The molecule has 3 rings (SSSR count). The zero-order chi connectivity index (χ0) is 13.8. The third kappa shape index (κ3) is 2.82. The van der Waals surface area contributed by atoms with Crippen molar-refractivity contribution < 1.29 is 0 Å². The second kappa shape index (κ2) is 6.04. The summed E-state index contributed by atoms with van der Waals surface area (Å²) in [7, 11) is 0. The summed E-state index contributed by atoms with van der Waals surface area (Å²) >= 11 is 0. The lowest BCUT2D eigenvalue weighted by Crippen LogP contribution is -2.07. The molecule has 0 fully saturated rings. The second-order valence-corrected chi connectivity index (χ2v) is 5.46. The SMILES string of the molecule is Cc1nnc(NCCC2=CCCCC2)c2ccccc12. The molecule has 3 heteroatoms. The van der Waals surface area contributed by atoms with Gasteiger partial charge >= 0.3 is 0 Å². The number of aromatic nitrogens is 2. The Morgan fingerprint density at radius 2 is 1.95 bits per heavy atom. The largest absolute Gasteiger partial charge is 0.368 e. The van der Waals surface area contributed by atoms with Gasteiger partial charge in [-0.3, -0.25) is 0 Å². The van der Waals surface area contributed by atoms with E-state index in [0.29, 0.717) is 0 Å². The van der Waals surface area contributed by atoms with Gasteiger partial charge in [0.05, 0.1) is 5.69 Å². The van der Waals surface area contributed by atoms with Crippen LogP contribution in [0.3, 0.4) is 0 Å². The van der Waals surface area contributed by atoms with Crippen LogP contribution in [0.4, 0.5) is 5.82 Å². The predicted molar refractivity (Wildman–Crippen MR) is 83.9 cm³/mol. The highest BCUT2D eigenvalue weighted by Crippen LogP contribution is 2.23. The Morgan fingerprint density at radius 3 is 2.75 bits per heavy atom. The van der Waals surface area contributed by atoms with E-state index in [1.807, 2.05) is 13.0 Å². The van der Waals surface area contributed by atoms with E-state index in [4.69, 9.17) is 0 Å². The summed E-state index contributed by atoms with van der Waals surface area (Å²) in [6, 6.07) is 8.32. The molecule has 0 radical (unpaired) electrons. The Balaban J connectivity index is 1.71. The average molecular weight is 267 g/mol. The van der Waals surface area contributed by atoms with Crippen LogP contribution in [0.1, 0.15) is 37.8 Å². The number of nitrogens with zero attached hydrogens (tertiary/aromatic N) is 2. The summed E-state index contributed by atoms with van der Waals surface area (Å²) in [4.78, 5) is 0. The normalized spacial score (nSPS) is 15.2. The molecule has 0 atom stereocenters. The molecular formula is C17H21N3. The summed E-state index contributed by atoms with van der Waals surface area (Å²) in [5, 5.41) is 14.3. The Morgan fingerprint density at radius 1 is 1.10 bits per heavy atom. The molecule has 0 saturated carbocycles. The van der Waals surface area contributed by atoms with Crippen LogP contribution in [-0.2, 0) is 0 Å². The van der Waals surface area contributed by atoms with Crippen molar-refractivity contribution in [1.82, 2.24) is 10.2 Å². The first-order valence-corrected chi connectivity index (χ1v) is 7.48. The van der Waals surface area contributed by atoms with Crippen LogP contribution in [-0.4, -0.2) is 16.7 Å². The number of rotatable bonds is 4. The molecule has 1 aliphatic rings. The van der Waals surface area contributed by atoms with Crippen molar-refractivity contribution in [3.63, 3.8) is 0 Å². The third-order valence-electron chi connectivity index (χ3n) is 4.00. The van der Waals surface area contributed by atoms with Crippen molar-refractivity contribution in [2.45, 2.75) is 39.0 Å². The quantitative estimate of drug-likeness (QED) is 0.842. The van der Waals surface area contributed by atoms with E-state index in [1.165, 1.54) is 31.1 Å². The molecule has 0 aliphatic heterocycles. The molecule has 0 amide bonds. The van der Waals surface area contributed by atoms with Crippen LogP contribution >= 0.6 is 0 Å². The molecule has 1 aromatic carbocycles. The van der Waals surface area contributed by atoms with Gasteiger partial charge in [0.25, 0.3) is 0 Å². The standard InChI is InChI=1S/C17H21N3/c1-13-15-9-5-6-10-16(15)17(20-19-13)18-12-11-14-7-3-2-4-8-14/h5-7,9-10H,2-4,8,11-12H2,1H3,(H,18,20). The zero-order valence-corrected chi connectivity index (χ0v) is 12.0. The van der Waals surface area contributed by atoms with Crippen molar-refractivity contribution in [2.24, 2.45) is 0 Å². The molecule has 0 saturated heterocycles. The lowest BCUT2D eigenvalue weighted by molar-refractivity contribution is 0.679. The van der Waals surface area contributed by atoms with Gasteiger partial charge in [-0.1, -0.05) is 35.9 Å². The van der Waals surface area contributed by atoms with Gasteiger partial charge in [0.2, 0.25) is 0 Å². The minimum absolute atomic E-state index is 0.905. The number of aryl methyl sites for hydroxylation is 1. The summed E-state index contributed by atoms with van der Waals surface area (Å²) < 4.78 is 0. The minimum Gasteiger partial charge on any atom is -0.368 e. The van der Waals surface area contributed by atoms with E-state index in [-0.39, 0.29) is 0 Å². The van der Waals surface area contributed by atoms with Crippen molar-refractivity contribution in [3.8, 4) is 0 Å². The second-order valence-electron chi connectivity index (χ2n) is 5.46. The summed E-state index contributed by atoms with van der Waals surface area (Å²) in [5.74, 6) is 0.905. The van der Waals surface area contributed by atoms with E-state index in [1.54, 1.807) is 5.57 Å². The molecular weight excluding hydrogens is 246 g/mol. The summed E-state index contributed by atoms with van der Waals surface area (Å²) in [6.07, 6.45) is 8.74. The van der Waals surface area contributed by atoms with Gasteiger partial charge in [0.1, 0.15) is 0 Å². The van der Waals surface area contributed by atoms with Gasteiger partial charge < -0.3 is 5.32 Å². The third-order valence-corrected chi connectivity index (χ3v) is 4.00. The van der Waals surface area contributed by atoms with Crippen molar-refractivity contribution >= 4 is 16.6 Å². The minimum atomic E-state index is 0.905. The number of hydrogen-bond donors (Lipinski definition) is 1. The van der Waals surface area contributed by atoms with E-state index in [0.717, 1.165) is 29.9 Å². The highest BCUT2D eigenvalue weighted by Gasteiger charge is 2.07. The Hall–Kier alpha value is -1.90. The average Bonchev–Trinajstić information content (AvgIpc) is 2.51. The van der Waals surface area contributed by atoms with Crippen LogP contribution in [0.25, 0.3) is 10.8 Å². The van der Waals surface area contributed by atoms with Gasteiger partial charge in [-0.15, -0.1) is 5.10 Å². The monoisotopic (exact) mass is 267 g/mol. The number of anilines is 1. The van der Waals surface area contributed by atoms with Gasteiger partial charge in [-0.25, -0.2) is 0 Å². The van der Waals surface area contributed by atoms with E-state index in [9.17, 15) is 0 Å². The van der Waals surface area contributed by atoms with Crippen LogP contribution in [0, 0.1) is 6.92 Å². The molecule has 0 unspecified atom stereocenters. The fourth-order valence-electron chi connectivity index (χ4n) is 2.84. The van der Waals surface area contributed by atoms with Crippen LogP contribution in [0.2, 0.25) is 0 Å². The highest BCUT2D eigenvalue weighted by molar-refractivity contribution is 5.92. The van der Waals surface area contributed by atoms with Crippen molar-refractivity contribution in [3.05, 3.63) is 41.6 Å².